The van der Waals surface area contributed by atoms with E-state index in [1.807, 2.05) is 0 Å². The molecule has 0 unspecified atom stereocenters. The highest BCUT2D eigenvalue weighted by atomic mass is 16.6. The summed E-state index contributed by atoms with van der Waals surface area (Å²) in [5.41, 5.74) is 0.692. The zero-order chi connectivity index (χ0) is 16.6. The number of carbonyl (C=O) groups is 2. The first-order valence-corrected chi connectivity index (χ1v) is 6.79. The highest BCUT2D eigenvalue weighted by Gasteiger charge is 2.37. The predicted octanol–water partition coefficient (Wildman–Crippen LogP) is 2.40. The number of hydrogen-bond acceptors (Lipinski definition) is 5. The molecule has 0 saturated carbocycles. The number of nitrogens with zero attached hydrogens (tertiary/aromatic N) is 2. The maximum absolute atomic E-state index is 12.4. The van der Waals surface area contributed by atoms with Crippen molar-refractivity contribution in [2.24, 2.45) is 0 Å². The van der Waals surface area contributed by atoms with Crippen molar-refractivity contribution >= 4 is 17.5 Å². The molecular formula is C16H12N2O5. The normalized spacial score (nSPS) is 13.2. The van der Waals surface area contributed by atoms with Crippen LogP contribution in [0.2, 0.25) is 0 Å². The number of fused-ring (bicyclic) bond motifs is 1. The first-order chi connectivity index (χ1) is 11.0. The van der Waals surface area contributed by atoms with Gasteiger partial charge in [0.25, 0.3) is 17.5 Å². The Morgan fingerprint density at radius 1 is 1.09 bits per heavy atom. The van der Waals surface area contributed by atoms with Gasteiger partial charge in [-0.2, -0.15) is 0 Å². The van der Waals surface area contributed by atoms with Gasteiger partial charge in [-0.15, -0.1) is 0 Å². The van der Waals surface area contributed by atoms with Gasteiger partial charge in [0, 0.05) is 17.7 Å². The van der Waals surface area contributed by atoms with Crippen LogP contribution in [0, 0.1) is 10.1 Å². The van der Waals surface area contributed by atoms with Crippen molar-refractivity contribution in [2.45, 2.75) is 6.54 Å². The fraction of sp³-hybridized carbons (Fsp3) is 0.125. The SMILES string of the molecule is COc1ccccc1CN1C(=O)c2ccc([N+](=O)[O-])cc2C1=O. The minimum absolute atomic E-state index is 0.0458. The van der Waals surface area contributed by atoms with Crippen molar-refractivity contribution in [1.82, 2.24) is 4.90 Å². The Balaban J connectivity index is 1.95. The summed E-state index contributed by atoms with van der Waals surface area (Å²) in [6.07, 6.45) is 0. The molecule has 0 aliphatic carbocycles. The van der Waals surface area contributed by atoms with Crippen LogP contribution >= 0.6 is 0 Å². The molecule has 0 atom stereocenters. The van der Waals surface area contributed by atoms with E-state index in [-0.39, 0.29) is 23.4 Å². The molecule has 0 spiro atoms. The standard InChI is InChI=1S/C16H12N2O5/c1-23-14-5-3-2-4-10(14)9-17-15(19)12-7-6-11(18(21)22)8-13(12)16(17)20/h2-8H,9H2,1H3. The molecule has 7 heteroatoms. The molecule has 23 heavy (non-hydrogen) atoms. The number of methoxy groups -OCH3 is 1. The van der Waals surface area contributed by atoms with Gasteiger partial charge in [-0.3, -0.25) is 24.6 Å². The van der Waals surface area contributed by atoms with Gasteiger partial charge in [0.15, 0.2) is 0 Å². The number of ether oxygens (including phenoxy) is 1. The fourth-order valence-electron chi connectivity index (χ4n) is 2.54. The number of hydrogen-bond donors (Lipinski definition) is 0. The second-order valence-electron chi connectivity index (χ2n) is 5.00. The molecule has 116 valence electrons. The lowest BCUT2D eigenvalue weighted by Crippen LogP contribution is -2.29. The van der Waals surface area contributed by atoms with Gasteiger partial charge >= 0.3 is 0 Å². The van der Waals surface area contributed by atoms with E-state index in [1.165, 1.54) is 19.2 Å². The molecule has 7 nitrogen and oxygen atoms in total. The second kappa shape index (κ2) is 5.53. The van der Waals surface area contributed by atoms with Crippen molar-refractivity contribution in [2.75, 3.05) is 7.11 Å². The maximum Gasteiger partial charge on any atom is 0.270 e. The molecule has 0 fully saturated rings. The molecule has 0 saturated heterocycles. The van der Waals surface area contributed by atoms with Crippen LogP contribution in [0.15, 0.2) is 42.5 Å². The molecule has 0 N–H and O–H groups in total. The van der Waals surface area contributed by atoms with Gasteiger partial charge in [0.05, 0.1) is 29.7 Å². The summed E-state index contributed by atoms with van der Waals surface area (Å²) in [5, 5.41) is 10.8. The minimum atomic E-state index is -0.596. The van der Waals surface area contributed by atoms with Crippen LogP contribution in [0.25, 0.3) is 0 Å². The second-order valence-corrected chi connectivity index (χ2v) is 5.00. The molecule has 0 aromatic heterocycles. The lowest BCUT2D eigenvalue weighted by atomic mass is 10.1. The van der Waals surface area contributed by atoms with E-state index in [1.54, 1.807) is 24.3 Å². The number of benzene rings is 2. The Kier molecular flexibility index (Phi) is 3.53. The number of carbonyl (C=O) groups excluding carboxylic acids is 2. The largest absolute Gasteiger partial charge is 0.496 e. The van der Waals surface area contributed by atoms with Crippen LogP contribution in [-0.2, 0) is 6.54 Å². The summed E-state index contributed by atoms with van der Waals surface area (Å²) in [7, 11) is 1.50. The highest BCUT2D eigenvalue weighted by Crippen LogP contribution is 2.29. The quantitative estimate of drug-likeness (QED) is 0.491. The number of imide groups is 1. The Morgan fingerprint density at radius 2 is 1.78 bits per heavy atom. The summed E-state index contributed by atoms with van der Waals surface area (Å²) < 4.78 is 5.22. The van der Waals surface area contributed by atoms with Gasteiger partial charge in [-0.05, 0) is 12.1 Å². The van der Waals surface area contributed by atoms with E-state index < -0.39 is 16.7 Å². The number of non-ortho nitro benzene ring substituents is 1. The average molecular weight is 312 g/mol. The van der Waals surface area contributed by atoms with Crippen molar-refractivity contribution in [1.29, 1.82) is 0 Å². The molecule has 3 rings (SSSR count). The number of rotatable bonds is 4. The third-order valence-electron chi connectivity index (χ3n) is 3.69. The van der Waals surface area contributed by atoms with Crippen LogP contribution in [0.5, 0.6) is 5.75 Å². The van der Waals surface area contributed by atoms with Crippen LogP contribution < -0.4 is 4.74 Å². The third-order valence-corrected chi connectivity index (χ3v) is 3.69. The van der Waals surface area contributed by atoms with E-state index in [4.69, 9.17) is 4.74 Å². The predicted molar refractivity (Wildman–Crippen MR) is 80.3 cm³/mol. The topological polar surface area (TPSA) is 89.8 Å². The Morgan fingerprint density at radius 3 is 2.48 bits per heavy atom. The van der Waals surface area contributed by atoms with Crippen molar-refractivity contribution in [3.05, 3.63) is 69.3 Å². The number of amides is 2. The summed E-state index contributed by atoms with van der Waals surface area (Å²) in [5.74, 6) is -0.444. The first-order valence-electron chi connectivity index (χ1n) is 6.79. The lowest BCUT2D eigenvalue weighted by Gasteiger charge is -2.15. The average Bonchev–Trinajstić information content (AvgIpc) is 2.80. The summed E-state index contributed by atoms with van der Waals surface area (Å²) in [6, 6.07) is 10.7. The summed E-state index contributed by atoms with van der Waals surface area (Å²) >= 11 is 0. The Bertz CT molecular complexity index is 831. The molecule has 1 aliphatic rings. The summed E-state index contributed by atoms with van der Waals surface area (Å²) in [4.78, 5) is 36.1. The first kappa shape index (κ1) is 14.7. The molecule has 0 bridgehead atoms. The fourth-order valence-corrected chi connectivity index (χ4v) is 2.54. The maximum atomic E-state index is 12.4. The molecule has 2 aromatic rings. The van der Waals surface area contributed by atoms with E-state index in [0.29, 0.717) is 11.3 Å². The lowest BCUT2D eigenvalue weighted by molar-refractivity contribution is -0.384. The molecule has 1 aliphatic heterocycles. The molecular weight excluding hydrogens is 300 g/mol. The van der Waals surface area contributed by atoms with Crippen LogP contribution in [0.3, 0.4) is 0 Å². The zero-order valence-corrected chi connectivity index (χ0v) is 12.2. The van der Waals surface area contributed by atoms with E-state index in [0.717, 1.165) is 11.0 Å². The molecule has 2 amide bonds. The number of nitro groups is 1. The van der Waals surface area contributed by atoms with Gasteiger partial charge in [0.2, 0.25) is 0 Å². The van der Waals surface area contributed by atoms with Crippen LogP contribution in [0.1, 0.15) is 26.3 Å². The smallest absolute Gasteiger partial charge is 0.270 e. The molecule has 1 heterocycles. The minimum Gasteiger partial charge on any atom is -0.496 e. The van der Waals surface area contributed by atoms with E-state index in [9.17, 15) is 19.7 Å². The van der Waals surface area contributed by atoms with Crippen LogP contribution in [0.4, 0.5) is 5.69 Å². The number of para-hydroxylation sites is 1. The van der Waals surface area contributed by atoms with Crippen LogP contribution in [-0.4, -0.2) is 28.7 Å². The van der Waals surface area contributed by atoms with E-state index in [2.05, 4.69) is 0 Å². The highest BCUT2D eigenvalue weighted by molar-refractivity contribution is 6.21. The van der Waals surface area contributed by atoms with Gasteiger partial charge in [0.1, 0.15) is 5.75 Å². The van der Waals surface area contributed by atoms with Gasteiger partial charge in [-0.25, -0.2) is 0 Å². The van der Waals surface area contributed by atoms with Crippen molar-refractivity contribution < 1.29 is 19.2 Å². The van der Waals surface area contributed by atoms with Crippen molar-refractivity contribution in [3.8, 4) is 5.75 Å². The van der Waals surface area contributed by atoms with Gasteiger partial charge < -0.3 is 4.74 Å². The monoisotopic (exact) mass is 312 g/mol. The Hall–Kier alpha value is -3.22. The van der Waals surface area contributed by atoms with E-state index >= 15 is 0 Å². The molecule has 2 aromatic carbocycles. The van der Waals surface area contributed by atoms with Gasteiger partial charge in [-0.1, -0.05) is 18.2 Å². The Labute approximate surface area is 131 Å². The third kappa shape index (κ3) is 2.42. The summed E-state index contributed by atoms with van der Waals surface area (Å²) in [6.45, 7) is 0.0458. The molecule has 0 radical (unpaired) electrons. The van der Waals surface area contributed by atoms with Crippen molar-refractivity contribution in [3.63, 3.8) is 0 Å². The number of nitro benzene ring substituents is 1. The zero-order valence-electron chi connectivity index (χ0n) is 12.2.